The molecule has 2 N–H and O–H groups in total. The lowest BCUT2D eigenvalue weighted by Gasteiger charge is -2.30. The number of hydrogen-bond acceptors (Lipinski definition) is 4. The van der Waals surface area contributed by atoms with Crippen LogP contribution in [-0.2, 0) is 27.4 Å². The number of benzene rings is 2. The largest absolute Gasteiger partial charge is 0.444 e. The minimum atomic E-state index is -0.689. The van der Waals surface area contributed by atoms with Gasteiger partial charge in [0.1, 0.15) is 18.7 Å². The Labute approximate surface area is 186 Å². The van der Waals surface area contributed by atoms with Gasteiger partial charge in [-0.3, -0.25) is 14.2 Å². The van der Waals surface area contributed by atoms with E-state index in [-0.39, 0.29) is 24.8 Å². The standard InChI is InChI=1S/C25H27N3O4/c1-16(2)12-20-23(29)27-21(24(30)26-20)13-18-14-28(22-11-7-6-10-19(18)22)25(31)32-15-17-8-4-3-5-9-17/h3-11,14,16,20-21H,12-13,15H2,1-2H3,(H,26,30)(H,27,29)/t20-,21-/m0/s1. The van der Waals surface area contributed by atoms with Crippen LogP contribution in [0, 0.1) is 5.92 Å². The summed E-state index contributed by atoms with van der Waals surface area (Å²) in [6.45, 7) is 4.19. The second-order valence-electron chi connectivity index (χ2n) is 8.54. The zero-order valence-corrected chi connectivity index (χ0v) is 18.2. The van der Waals surface area contributed by atoms with Gasteiger partial charge in [0.2, 0.25) is 11.8 Å². The fraction of sp³-hybridized carbons (Fsp3) is 0.320. The maximum Gasteiger partial charge on any atom is 0.418 e. The molecule has 7 nitrogen and oxygen atoms in total. The Kier molecular flexibility index (Phi) is 6.25. The Morgan fingerprint density at radius 1 is 0.969 bits per heavy atom. The number of para-hydroxylation sites is 1. The van der Waals surface area contributed by atoms with Crippen molar-refractivity contribution >= 4 is 28.8 Å². The van der Waals surface area contributed by atoms with Gasteiger partial charge in [0.25, 0.3) is 0 Å². The fourth-order valence-electron chi connectivity index (χ4n) is 4.03. The quantitative estimate of drug-likeness (QED) is 0.624. The van der Waals surface area contributed by atoms with Crippen LogP contribution in [0.1, 0.15) is 31.4 Å². The molecule has 1 aliphatic heterocycles. The SMILES string of the molecule is CC(C)C[C@@H]1NC(=O)[C@H](Cc2cn(C(=O)OCc3ccccc3)c3ccccc23)NC1=O. The molecule has 2 aromatic carbocycles. The summed E-state index contributed by atoms with van der Waals surface area (Å²) in [5.41, 5.74) is 2.39. The molecule has 0 saturated carbocycles. The number of aromatic nitrogens is 1. The third-order valence-electron chi connectivity index (χ3n) is 5.59. The van der Waals surface area contributed by atoms with Crippen LogP contribution in [0.25, 0.3) is 10.9 Å². The first-order valence-corrected chi connectivity index (χ1v) is 10.8. The van der Waals surface area contributed by atoms with Gasteiger partial charge in [-0.15, -0.1) is 0 Å². The van der Waals surface area contributed by atoms with E-state index in [4.69, 9.17) is 4.74 Å². The summed E-state index contributed by atoms with van der Waals surface area (Å²) < 4.78 is 6.95. The van der Waals surface area contributed by atoms with Crippen molar-refractivity contribution in [3.63, 3.8) is 0 Å². The zero-order chi connectivity index (χ0) is 22.7. The van der Waals surface area contributed by atoms with Crippen LogP contribution < -0.4 is 10.6 Å². The number of fused-ring (bicyclic) bond motifs is 1. The van der Waals surface area contributed by atoms with Gasteiger partial charge < -0.3 is 15.4 Å². The molecule has 1 aliphatic rings. The van der Waals surface area contributed by atoms with E-state index < -0.39 is 18.2 Å². The second kappa shape index (κ2) is 9.26. The molecule has 2 amide bonds. The van der Waals surface area contributed by atoms with E-state index in [2.05, 4.69) is 10.6 Å². The third kappa shape index (κ3) is 4.66. The molecule has 2 heterocycles. The summed E-state index contributed by atoms with van der Waals surface area (Å²) in [4.78, 5) is 37.9. The minimum absolute atomic E-state index is 0.167. The molecule has 1 fully saturated rings. The number of piperazine rings is 1. The number of hydrogen-bond donors (Lipinski definition) is 2. The van der Waals surface area contributed by atoms with Crippen LogP contribution in [-0.4, -0.2) is 34.6 Å². The van der Waals surface area contributed by atoms with E-state index in [1.807, 2.05) is 68.4 Å². The van der Waals surface area contributed by atoms with Gasteiger partial charge in [0.05, 0.1) is 5.52 Å². The number of nitrogens with zero attached hydrogens (tertiary/aromatic N) is 1. The van der Waals surface area contributed by atoms with Crippen molar-refractivity contribution in [3.05, 3.63) is 71.9 Å². The molecule has 4 rings (SSSR count). The monoisotopic (exact) mass is 433 g/mol. The van der Waals surface area contributed by atoms with Crippen LogP contribution in [0.4, 0.5) is 4.79 Å². The molecule has 0 bridgehead atoms. The maximum absolute atomic E-state index is 12.8. The van der Waals surface area contributed by atoms with Crippen molar-refractivity contribution in [2.45, 2.75) is 45.4 Å². The van der Waals surface area contributed by atoms with Gasteiger partial charge in [-0.25, -0.2) is 4.79 Å². The van der Waals surface area contributed by atoms with Crippen LogP contribution >= 0.6 is 0 Å². The van der Waals surface area contributed by atoms with Crippen LogP contribution in [0.2, 0.25) is 0 Å². The summed E-state index contributed by atoms with van der Waals surface area (Å²) in [6.07, 6.45) is 2.07. The van der Waals surface area contributed by atoms with Gasteiger partial charge in [0.15, 0.2) is 0 Å². The number of nitrogens with one attached hydrogen (secondary N) is 2. The number of carbonyl (C=O) groups is 3. The van der Waals surface area contributed by atoms with E-state index in [0.717, 1.165) is 16.5 Å². The third-order valence-corrected chi connectivity index (χ3v) is 5.59. The van der Waals surface area contributed by atoms with Gasteiger partial charge in [0, 0.05) is 18.0 Å². The Hall–Kier alpha value is -3.61. The second-order valence-corrected chi connectivity index (χ2v) is 8.54. The highest BCUT2D eigenvalue weighted by Gasteiger charge is 2.34. The van der Waals surface area contributed by atoms with E-state index >= 15 is 0 Å². The van der Waals surface area contributed by atoms with E-state index in [9.17, 15) is 14.4 Å². The average Bonchev–Trinajstić information content (AvgIpc) is 3.14. The summed E-state index contributed by atoms with van der Waals surface area (Å²) in [6, 6.07) is 15.7. The topological polar surface area (TPSA) is 89.4 Å². The van der Waals surface area contributed by atoms with Gasteiger partial charge in [-0.05, 0) is 29.5 Å². The predicted molar refractivity (Wildman–Crippen MR) is 121 cm³/mol. The summed E-state index contributed by atoms with van der Waals surface area (Å²) >= 11 is 0. The Morgan fingerprint density at radius 2 is 1.62 bits per heavy atom. The summed E-state index contributed by atoms with van der Waals surface area (Å²) in [5.74, 6) is -0.0875. The van der Waals surface area contributed by atoms with Gasteiger partial charge in [-0.1, -0.05) is 62.4 Å². The first-order valence-electron chi connectivity index (χ1n) is 10.8. The molecular formula is C25H27N3O4. The number of ether oxygens (including phenoxy) is 1. The summed E-state index contributed by atoms with van der Waals surface area (Å²) in [5, 5.41) is 6.52. The molecule has 32 heavy (non-hydrogen) atoms. The normalized spacial score (nSPS) is 18.5. The van der Waals surface area contributed by atoms with Gasteiger partial charge >= 0.3 is 6.09 Å². The molecule has 2 atom stereocenters. The lowest BCUT2D eigenvalue weighted by Crippen LogP contribution is -2.62. The van der Waals surface area contributed by atoms with Crippen LogP contribution in [0.15, 0.2) is 60.8 Å². The van der Waals surface area contributed by atoms with E-state index in [1.54, 1.807) is 6.20 Å². The Bertz CT molecular complexity index is 1140. The predicted octanol–water partition coefficient (Wildman–Crippen LogP) is 3.40. The highest BCUT2D eigenvalue weighted by Crippen LogP contribution is 2.24. The number of rotatable bonds is 6. The molecule has 0 radical (unpaired) electrons. The highest BCUT2D eigenvalue weighted by molar-refractivity contribution is 5.98. The first kappa shape index (κ1) is 21.6. The van der Waals surface area contributed by atoms with Crippen molar-refractivity contribution < 1.29 is 19.1 Å². The Morgan fingerprint density at radius 3 is 2.38 bits per heavy atom. The van der Waals surface area contributed by atoms with E-state index in [0.29, 0.717) is 17.9 Å². The fourth-order valence-corrected chi connectivity index (χ4v) is 4.03. The first-order chi connectivity index (χ1) is 15.4. The number of carbonyl (C=O) groups excluding carboxylic acids is 3. The average molecular weight is 434 g/mol. The smallest absolute Gasteiger partial charge is 0.418 e. The van der Waals surface area contributed by atoms with Crippen molar-refractivity contribution in [1.82, 2.24) is 15.2 Å². The summed E-state index contributed by atoms with van der Waals surface area (Å²) in [7, 11) is 0. The molecule has 0 aliphatic carbocycles. The van der Waals surface area contributed by atoms with Gasteiger partial charge in [-0.2, -0.15) is 0 Å². The zero-order valence-electron chi connectivity index (χ0n) is 18.2. The van der Waals surface area contributed by atoms with E-state index in [1.165, 1.54) is 4.57 Å². The molecule has 0 spiro atoms. The molecule has 3 aromatic rings. The molecule has 1 saturated heterocycles. The molecule has 0 unspecified atom stereocenters. The number of amides is 2. The van der Waals surface area contributed by atoms with Crippen molar-refractivity contribution in [3.8, 4) is 0 Å². The molecule has 7 heteroatoms. The highest BCUT2D eigenvalue weighted by atomic mass is 16.5. The maximum atomic E-state index is 12.8. The van der Waals surface area contributed by atoms with Crippen molar-refractivity contribution in [1.29, 1.82) is 0 Å². The lowest BCUT2D eigenvalue weighted by atomic mass is 9.97. The van der Waals surface area contributed by atoms with Crippen molar-refractivity contribution in [2.75, 3.05) is 0 Å². The minimum Gasteiger partial charge on any atom is -0.444 e. The molecule has 1 aromatic heterocycles. The molecule has 166 valence electrons. The van der Waals surface area contributed by atoms with Crippen LogP contribution in [0.5, 0.6) is 0 Å². The van der Waals surface area contributed by atoms with Crippen LogP contribution in [0.3, 0.4) is 0 Å². The molecular weight excluding hydrogens is 406 g/mol. The lowest BCUT2D eigenvalue weighted by molar-refractivity contribution is -0.137. The van der Waals surface area contributed by atoms with Crippen molar-refractivity contribution in [2.24, 2.45) is 5.92 Å². The Balaban J connectivity index is 1.52.